The lowest BCUT2D eigenvalue weighted by Crippen LogP contribution is -2.03. The monoisotopic (exact) mass is 167 g/mol. The first-order valence-corrected chi connectivity index (χ1v) is 3.42. The number of halogens is 1. The lowest BCUT2D eigenvalue weighted by molar-refractivity contribution is 0.633. The average Bonchev–Trinajstić information content (AvgIpc) is 1.96. The van der Waals surface area contributed by atoms with Crippen LogP contribution in [0.4, 0.5) is 15.8 Å². The molecule has 1 aromatic carbocycles. The van der Waals surface area contributed by atoms with E-state index in [1.165, 1.54) is 6.07 Å². The first-order chi connectivity index (χ1) is 5.52. The van der Waals surface area contributed by atoms with E-state index in [1.807, 2.05) is 0 Å². The molecular weight excluding hydrogens is 157 g/mol. The molecule has 0 unspecified atom stereocenters. The Labute approximate surface area is 69.7 Å². The van der Waals surface area contributed by atoms with Crippen molar-refractivity contribution in [3.63, 3.8) is 0 Å². The maximum atomic E-state index is 12.7. The molecule has 3 nitrogen and oxygen atoms in total. The highest BCUT2D eigenvalue weighted by atomic mass is 19.1. The molecule has 0 spiro atoms. The third-order valence-corrected chi connectivity index (χ3v) is 1.57. The molecule has 5 N–H and O–H groups in total. The molecular formula is C8H10FN3. The van der Waals surface area contributed by atoms with Crippen LogP contribution in [0.1, 0.15) is 12.5 Å². The number of rotatable bonds is 1. The summed E-state index contributed by atoms with van der Waals surface area (Å²) in [6, 6.07) is 2.50. The molecule has 0 aliphatic rings. The Hall–Kier alpha value is -1.58. The third kappa shape index (κ3) is 1.37. The molecule has 0 saturated carbocycles. The lowest BCUT2D eigenvalue weighted by atomic mass is 10.1. The van der Waals surface area contributed by atoms with Gasteiger partial charge >= 0.3 is 0 Å². The van der Waals surface area contributed by atoms with Crippen LogP contribution in [-0.4, -0.2) is 5.71 Å². The zero-order valence-electron chi connectivity index (χ0n) is 6.69. The topological polar surface area (TPSA) is 75.9 Å². The Morgan fingerprint density at radius 3 is 2.42 bits per heavy atom. The molecule has 12 heavy (non-hydrogen) atoms. The average molecular weight is 167 g/mol. The number of hydrogen-bond acceptors (Lipinski definition) is 3. The van der Waals surface area contributed by atoms with Crippen molar-refractivity contribution in [1.82, 2.24) is 0 Å². The standard InChI is InChI=1S/C8H10FN3/c1-4(10)5-2-8(12)6(9)3-7(5)11/h2-3,10H,11-12H2,1H3. The molecule has 0 radical (unpaired) electrons. The second-order valence-electron chi connectivity index (χ2n) is 2.59. The van der Waals surface area contributed by atoms with Crippen LogP contribution < -0.4 is 11.5 Å². The molecule has 0 aliphatic heterocycles. The summed E-state index contributed by atoms with van der Waals surface area (Å²) in [5.74, 6) is -0.544. The summed E-state index contributed by atoms with van der Waals surface area (Å²) in [4.78, 5) is 0. The number of nitrogens with one attached hydrogen (secondary N) is 1. The number of nitrogen functional groups attached to an aromatic ring is 2. The van der Waals surface area contributed by atoms with Crippen LogP contribution in [0.2, 0.25) is 0 Å². The second-order valence-corrected chi connectivity index (χ2v) is 2.59. The van der Waals surface area contributed by atoms with Crippen LogP contribution in [-0.2, 0) is 0 Å². The minimum atomic E-state index is -0.544. The van der Waals surface area contributed by atoms with Gasteiger partial charge in [0.15, 0.2) is 0 Å². The zero-order chi connectivity index (χ0) is 9.30. The summed E-state index contributed by atoms with van der Waals surface area (Å²) in [6.07, 6.45) is 0. The number of benzene rings is 1. The summed E-state index contributed by atoms with van der Waals surface area (Å²) in [6.45, 7) is 1.57. The first kappa shape index (κ1) is 8.52. The predicted octanol–water partition coefficient (Wildman–Crippen LogP) is 1.38. The fraction of sp³-hybridized carbons (Fsp3) is 0.125. The zero-order valence-corrected chi connectivity index (χ0v) is 6.69. The van der Waals surface area contributed by atoms with Crippen LogP contribution in [0.15, 0.2) is 12.1 Å². The molecule has 64 valence electrons. The summed E-state index contributed by atoms with van der Waals surface area (Å²) in [5, 5.41) is 7.29. The van der Waals surface area contributed by atoms with Gasteiger partial charge in [0.25, 0.3) is 0 Å². The van der Waals surface area contributed by atoms with Gasteiger partial charge < -0.3 is 16.9 Å². The normalized spacial score (nSPS) is 9.83. The smallest absolute Gasteiger partial charge is 0.148 e. The largest absolute Gasteiger partial charge is 0.398 e. The molecule has 1 rings (SSSR count). The van der Waals surface area contributed by atoms with Crippen LogP contribution in [0.25, 0.3) is 0 Å². The van der Waals surface area contributed by atoms with Gasteiger partial charge in [-0.15, -0.1) is 0 Å². The minimum Gasteiger partial charge on any atom is -0.398 e. The fourth-order valence-electron chi connectivity index (χ4n) is 0.930. The highest BCUT2D eigenvalue weighted by Crippen LogP contribution is 2.19. The minimum absolute atomic E-state index is 0.0193. The molecule has 0 bridgehead atoms. The van der Waals surface area contributed by atoms with E-state index in [9.17, 15) is 4.39 Å². The molecule has 0 heterocycles. The van der Waals surface area contributed by atoms with Gasteiger partial charge in [-0.3, -0.25) is 0 Å². The van der Waals surface area contributed by atoms with Crippen molar-refractivity contribution in [2.24, 2.45) is 0 Å². The van der Waals surface area contributed by atoms with Crippen molar-refractivity contribution >= 4 is 17.1 Å². The van der Waals surface area contributed by atoms with E-state index in [1.54, 1.807) is 6.92 Å². The highest BCUT2D eigenvalue weighted by Gasteiger charge is 2.06. The summed E-state index contributed by atoms with van der Waals surface area (Å²) < 4.78 is 12.7. The maximum absolute atomic E-state index is 12.7. The third-order valence-electron chi connectivity index (χ3n) is 1.57. The lowest BCUT2D eigenvalue weighted by Gasteiger charge is -2.05. The van der Waals surface area contributed by atoms with Crippen LogP contribution in [0.5, 0.6) is 0 Å². The van der Waals surface area contributed by atoms with E-state index in [0.717, 1.165) is 6.07 Å². The second kappa shape index (κ2) is 2.81. The predicted molar refractivity (Wildman–Crippen MR) is 47.7 cm³/mol. The van der Waals surface area contributed by atoms with Gasteiger partial charge in [-0.1, -0.05) is 0 Å². The Kier molecular flexibility index (Phi) is 1.99. The summed E-state index contributed by atoms with van der Waals surface area (Å²) in [7, 11) is 0. The molecule has 0 aliphatic carbocycles. The van der Waals surface area contributed by atoms with E-state index < -0.39 is 5.82 Å². The van der Waals surface area contributed by atoms with Gasteiger partial charge in [-0.2, -0.15) is 0 Å². The van der Waals surface area contributed by atoms with Crippen molar-refractivity contribution in [3.8, 4) is 0 Å². The van der Waals surface area contributed by atoms with Gasteiger partial charge in [-0.25, -0.2) is 4.39 Å². The molecule has 4 heteroatoms. The highest BCUT2D eigenvalue weighted by molar-refractivity contribution is 6.01. The van der Waals surface area contributed by atoms with Crippen molar-refractivity contribution < 1.29 is 4.39 Å². The SMILES string of the molecule is CC(=N)c1cc(N)c(F)cc1N. The molecule has 0 atom stereocenters. The van der Waals surface area contributed by atoms with Gasteiger partial charge in [0.1, 0.15) is 5.82 Å². The number of hydrogen-bond donors (Lipinski definition) is 3. The van der Waals surface area contributed by atoms with Crippen molar-refractivity contribution in [3.05, 3.63) is 23.5 Å². The van der Waals surface area contributed by atoms with Crippen LogP contribution >= 0.6 is 0 Å². The first-order valence-electron chi connectivity index (χ1n) is 3.42. The van der Waals surface area contributed by atoms with Gasteiger partial charge in [-0.05, 0) is 19.1 Å². The molecule has 0 amide bonds. The van der Waals surface area contributed by atoms with E-state index in [-0.39, 0.29) is 17.1 Å². The molecule has 0 fully saturated rings. The van der Waals surface area contributed by atoms with E-state index in [0.29, 0.717) is 5.56 Å². The summed E-state index contributed by atoms with van der Waals surface area (Å²) in [5.41, 5.74) is 11.8. The van der Waals surface area contributed by atoms with Crippen molar-refractivity contribution in [2.75, 3.05) is 11.5 Å². The Morgan fingerprint density at radius 2 is 1.92 bits per heavy atom. The van der Waals surface area contributed by atoms with Crippen molar-refractivity contribution in [2.45, 2.75) is 6.92 Å². The number of nitrogens with two attached hydrogens (primary N) is 2. The quantitative estimate of drug-likeness (QED) is 0.436. The van der Waals surface area contributed by atoms with Crippen molar-refractivity contribution in [1.29, 1.82) is 5.41 Å². The van der Waals surface area contributed by atoms with Gasteiger partial charge in [0.05, 0.1) is 5.69 Å². The van der Waals surface area contributed by atoms with Crippen LogP contribution in [0.3, 0.4) is 0 Å². The van der Waals surface area contributed by atoms with E-state index >= 15 is 0 Å². The van der Waals surface area contributed by atoms with Crippen LogP contribution in [0, 0.1) is 11.2 Å². The maximum Gasteiger partial charge on any atom is 0.148 e. The Bertz CT molecular complexity index is 333. The Balaban J connectivity index is 3.33. The van der Waals surface area contributed by atoms with Gasteiger partial charge in [0.2, 0.25) is 0 Å². The molecule has 1 aromatic rings. The Morgan fingerprint density at radius 1 is 1.33 bits per heavy atom. The molecule has 0 aromatic heterocycles. The molecule has 0 saturated heterocycles. The fourth-order valence-corrected chi connectivity index (χ4v) is 0.930. The number of anilines is 2. The van der Waals surface area contributed by atoms with E-state index in [2.05, 4.69) is 0 Å². The van der Waals surface area contributed by atoms with Gasteiger partial charge in [0, 0.05) is 17.0 Å². The van der Waals surface area contributed by atoms with E-state index in [4.69, 9.17) is 16.9 Å². The summed E-state index contributed by atoms with van der Waals surface area (Å²) >= 11 is 0.